The van der Waals surface area contributed by atoms with Crippen LogP contribution in [0.25, 0.3) is 5.69 Å². The lowest BCUT2D eigenvalue weighted by Crippen LogP contribution is -2.31. The number of nitrogens with two attached hydrogens (primary N) is 1. The van der Waals surface area contributed by atoms with Gasteiger partial charge >= 0.3 is 5.97 Å². The molecule has 8 heteroatoms. The predicted octanol–water partition coefficient (Wildman–Crippen LogP) is 1.48. The van der Waals surface area contributed by atoms with E-state index in [4.69, 9.17) is 10.5 Å². The van der Waals surface area contributed by atoms with Crippen molar-refractivity contribution < 1.29 is 19.1 Å². The van der Waals surface area contributed by atoms with E-state index in [1.54, 1.807) is 12.1 Å². The fourth-order valence-corrected chi connectivity index (χ4v) is 3.18. The highest BCUT2D eigenvalue weighted by atomic mass is 16.5. The summed E-state index contributed by atoms with van der Waals surface area (Å²) in [5.41, 5.74) is 7.07. The van der Waals surface area contributed by atoms with Gasteiger partial charge in [-0.25, -0.2) is 4.79 Å². The summed E-state index contributed by atoms with van der Waals surface area (Å²) in [6.45, 7) is 0. The predicted molar refractivity (Wildman–Crippen MR) is 89.8 cm³/mol. The number of fused-ring (bicyclic) bond motifs is 1. The van der Waals surface area contributed by atoms with Gasteiger partial charge in [0.25, 0.3) is 11.8 Å². The third-order valence-electron chi connectivity index (χ3n) is 4.64. The average Bonchev–Trinajstić information content (AvgIpc) is 3.37. The van der Waals surface area contributed by atoms with Crippen molar-refractivity contribution in [3.63, 3.8) is 0 Å². The Labute approximate surface area is 148 Å². The molecule has 1 aliphatic heterocycles. The highest BCUT2D eigenvalue weighted by Crippen LogP contribution is 2.36. The number of carbonyl (C=O) groups is 3. The molecule has 1 fully saturated rings. The van der Waals surface area contributed by atoms with Gasteiger partial charge in [0.15, 0.2) is 5.69 Å². The first-order chi connectivity index (χ1) is 12.5. The zero-order valence-electron chi connectivity index (χ0n) is 13.9. The molecule has 1 aliphatic carbocycles. The van der Waals surface area contributed by atoms with E-state index in [9.17, 15) is 19.6 Å². The number of imide groups is 1. The Kier molecular flexibility index (Phi) is 3.34. The number of nitrogen functional groups attached to an aromatic ring is 1. The number of anilines is 1. The third kappa shape index (κ3) is 2.10. The van der Waals surface area contributed by atoms with Gasteiger partial charge in [0.1, 0.15) is 6.07 Å². The normalized spacial score (nSPS) is 15.8. The Bertz CT molecular complexity index is 1030. The zero-order chi connectivity index (χ0) is 18.6. The number of hydrogen-bond donors (Lipinski definition) is 1. The quantitative estimate of drug-likeness (QED) is 0.661. The summed E-state index contributed by atoms with van der Waals surface area (Å²) in [7, 11) is 1.21. The number of nitrogens with zero attached hydrogens (tertiary/aromatic N) is 3. The van der Waals surface area contributed by atoms with Crippen LogP contribution in [-0.4, -0.2) is 40.4 Å². The van der Waals surface area contributed by atoms with Gasteiger partial charge in [-0.1, -0.05) is 0 Å². The summed E-state index contributed by atoms with van der Waals surface area (Å²) in [6.07, 6.45) is 3.05. The molecule has 0 unspecified atom stereocenters. The Hall–Kier alpha value is -3.60. The molecule has 4 rings (SSSR count). The van der Waals surface area contributed by atoms with Crippen LogP contribution in [0.4, 0.5) is 5.69 Å². The van der Waals surface area contributed by atoms with E-state index in [2.05, 4.69) is 0 Å². The van der Waals surface area contributed by atoms with Gasteiger partial charge in [-0.3, -0.25) is 14.5 Å². The highest BCUT2D eigenvalue weighted by molar-refractivity contribution is 6.22. The summed E-state index contributed by atoms with van der Waals surface area (Å²) in [5, 5.41) is 9.19. The Morgan fingerprint density at radius 3 is 2.58 bits per heavy atom. The maximum atomic E-state index is 12.6. The molecule has 2 N–H and O–H groups in total. The number of amides is 2. The minimum Gasteiger partial charge on any atom is -0.464 e. The molecule has 1 aromatic carbocycles. The number of nitriles is 1. The standard InChI is InChI=1S/C18H14N4O4/c1-26-18(25)15-14(20)9(7-19)8-21(15)11-4-5-12-13(6-11)17(24)22(16(12)23)10-2-3-10/h4-6,8,10H,2-3,20H2,1H3. The number of ether oxygens (including phenoxy) is 1. The van der Waals surface area contributed by atoms with Crippen molar-refractivity contribution in [3.05, 3.63) is 46.8 Å². The van der Waals surface area contributed by atoms with Crippen molar-refractivity contribution in [2.24, 2.45) is 0 Å². The van der Waals surface area contributed by atoms with E-state index in [1.807, 2.05) is 6.07 Å². The van der Waals surface area contributed by atoms with Gasteiger partial charge in [0, 0.05) is 17.9 Å². The maximum Gasteiger partial charge on any atom is 0.357 e. The van der Waals surface area contributed by atoms with Crippen LogP contribution in [0.15, 0.2) is 24.4 Å². The second-order valence-electron chi connectivity index (χ2n) is 6.22. The molecule has 8 nitrogen and oxygen atoms in total. The van der Waals surface area contributed by atoms with Crippen LogP contribution in [0.2, 0.25) is 0 Å². The van der Waals surface area contributed by atoms with Crippen LogP contribution >= 0.6 is 0 Å². The largest absolute Gasteiger partial charge is 0.464 e. The van der Waals surface area contributed by atoms with E-state index >= 15 is 0 Å². The molecule has 2 aliphatic rings. The molecule has 26 heavy (non-hydrogen) atoms. The molecule has 0 radical (unpaired) electrons. The first kappa shape index (κ1) is 15.9. The fourth-order valence-electron chi connectivity index (χ4n) is 3.18. The molecule has 0 bridgehead atoms. The summed E-state index contributed by atoms with van der Waals surface area (Å²) >= 11 is 0. The maximum absolute atomic E-state index is 12.6. The van der Waals surface area contributed by atoms with E-state index in [-0.39, 0.29) is 40.4 Å². The minimum atomic E-state index is -0.702. The van der Waals surface area contributed by atoms with E-state index < -0.39 is 5.97 Å². The second-order valence-corrected chi connectivity index (χ2v) is 6.22. The van der Waals surface area contributed by atoms with Crippen molar-refractivity contribution >= 4 is 23.5 Å². The molecular weight excluding hydrogens is 336 g/mol. The van der Waals surface area contributed by atoms with Crippen LogP contribution in [0, 0.1) is 11.3 Å². The minimum absolute atomic E-state index is 0.000165. The van der Waals surface area contributed by atoms with Gasteiger partial charge < -0.3 is 15.0 Å². The molecule has 130 valence electrons. The molecule has 1 aromatic heterocycles. The lowest BCUT2D eigenvalue weighted by molar-refractivity contribution is 0.0590. The molecule has 2 heterocycles. The topological polar surface area (TPSA) is 118 Å². The number of benzene rings is 1. The van der Waals surface area contributed by atoms with Crippen LogP contribution in [0.1, 0.15) is 49.6 Å². The van der Waals surface area contributed by atoms with Gasteiger partial charge in [0.2, 0.25) is 0 Å². The van der Waals surface area contributed by atoms with Crippen LogP contribution in [-0.2, 0) is 4.74 Å². The lowest BCUT2D eigenvalue weighted by atomic mass is 10.1. The number of methoxy groups -OCH3 is 1. The van der Waals surface area contributed by atoms with Gasteiger partial charge in [-0.15, -0.1) is 0 Å². The molecule has 2 amide bonds. The van der Waals surface area contributed by atoms with E-state index in [1.165, 1.54) is 28.8 Å². The molecule has 0 saturated heterocycles. The van der Waals surface area contributed by atoms with Crippen LogP contribution in [0.3, 0.4) is 0 Å². The Morgan fingerprint density at radius 1 is 1.27 bits per heavy atom. The molecule has 1 saturated carbocycles. The number of carbonyl (C=O) groups excluding carboxylic acids is 3. The number of rotatable bonds is 3. The molecular formula is C18H14N4O4. The van der Waals surface area contributed by atoms with Gasteiger partial charge in [0.05, 0.1) is 29.5 Å². The average molecular weight is 350 g/mol. The summed E-state index contributed by atoms with van der Waals surface area (Å²) in [4.78, 5) is 38.4. The summed E-state index contributed by atoms with van der Waals surface area (Å²) in [5.74, 6) is -1.34. The van der Waals surface area contributed by atoms with Crippen molar-refractivity contribution in [1.82, 2.24) is 9.47 Å². The van der Waals surface area contributed by atoms with Crippen molar-refractivity contribution in [2.75, 3.05) is 12.8 Å². The Morgan fingerprint density at radius 2 is 1.96 bits per heavy atom. The van der Waals surface area contributed by atoms with Crippen molar-refractivity contribution in [2.45, 2.75) is 18.9 Å². The van der Waals surface area contributed by atoms with Gasteiger partial charge in [-0.2, -0.15) is 5.26 Å². The second kappa shape index (κ2) is 5.46. The van der Waals surface area contributed by atoms with E-state index in [0.29, 0.717) is 11.3 Å². The third-order valence-corrected chi connectivity index (χ3v) is 4.64. The Balaban J connectivity index is 1.85. The molecule has 2 aromatic rings. The number of aromatic nitrogens is 1. The van der Waals surface area contributed by atoms with Crippen LogP contribution < -0.4 is 5.73 Å². The van der Waals surface area contributed by atoms with Gasteiger partial charge in [-0.05, 0) is 31.0 Å². The van der Waals surface area contributed by atoms with Crippen molar-refractivity contribution in [1.29, 1.82) is 5.26 Å². The first-order valence-corrected chi connectivity index (χ1v) is 7.99. The number of esters is 1. The highest BCUT2D eigenvalue weighted by Gasteiger charge is 2.44. The monoisotopic (exact) mass is 350 g/mol. The SMILES string of the molecule is COC(=O)c1c(N)c(C#N)cn1-c1ccc2c(c1)C(=O)N(C1CC1)C2=O. The first-order valence-electron chi connectivity index (χ1n) is 7.99. The van der Waals surface area contributed by atoms with Crippen LogP contribution in [0.5, 0.6) is 0 Å². The fraction of sp³-hybridized carbons (Fsp3) is 0.222. The zero-order valence-corrected chi connectivity index (χ0v) is 13.9. The van der Waals surface area contributed by atoms with Crippen molar-refractivity contribution in [3.8, 4) is 11.8 Å². The molecule has 0 atom stereocenters. The summed E-state index contributed by atoms with van der Waals surface area (Å²) in [6, 6.07) is 6.59. The number of hydrogen-bond acceptors (Lipinski definition) is 6. The smallest absolute Gasteiger partial charge is 0.357 e. The summed E-state index contributed by atoms with van der Waals surface area (Å²) < 4.78 is 6.15. The molecule has 0 spiro atoms. The lowest BCUT2D eigenvalue weighted by Gasteiger charge is -2.11. The van der Waals surface area contributed by atoms with E-state index in [0.717, 1.165) is 12.8 Å².